The van der Waals surface area contributed by atoms with Gasteiger partial charge in [-0.25, -0.2) is 13.8 Å². The van der Waals surface area contributed by atoms with Gasteiger partial charge in [0.1, 0.15) is 5.82 Å². The van der Waals surface area contributed by atoms with Crippen LogP contribution in [-0.2, 0) is 11.2 Å². The Morgan fingerprint density at radius 3 is 2.67 bits per heavy atom. The molecule has 0 fully saturated rings. The van der Waals surface area contributed by atoms with Crippen LogP contribution in [0, 0.1) is 5.95 Å². The van der Waals surface area contributed by atoms with Crippen molar-refractivity contribution in [3.05, 3.63) is 23.1 Å². The van der Waals surface area contributed by atoms with E-state index in [0.29, 0.717) is 0 Å². The van der Waals surface area contributed by atoms with E-state index in [2.05, 4.69) is 4.98 Å². The topological polar surface area (TPSA) is 76.2 Å². The van der Waals surface area contributed by atoms with E-state index < -0.39 is 41.7 Å². The van der Waals surface area contributed by atoms with Crippen LogP contribution in [0.25, 0.3) is 0 Å². The van der Waals surface area contributed by atoms with E-state index in [4.69, 9.17) is 10.8 Å². The Morgan fingerprint density at radius 1 is 1.60 bits per heavy atom. The number of nitrogen functional groups attached to an aromatic ring is 1. The van der Waals surface area contributed by atoms with Gasteiger partial charge in [0.25, 0.3) is 6.43 Å². The lowest BCUT2D eigenvalue weighted by molar-refractivity contribution is -0.136. The first kappa shape index (κ1) is 11.3. The number of rotatable bonds is 3. The van der Waals surface area contributed by atoms with E-state index in [1.54, 1.807) is 0 Å². The molecule has 1 rings (SSSR count). The molecule has 1 aromatic heterocycles. The molecule has 0 aromatic carbocycles. The molecule has 0 aliphatic carbocycles. The van der Waals surface area contributed by atoms with Gasteiger partial charge in [0.2, 0.25) is 5.95 Å². The smallest absolute Gasteiger partial charge is 0.307 e. The van der Waals surface area contributed by atoms with E-state index in [0.717, 1.165) is 6.07 Å². The van der Waals surface area contributed by atoms with Gasteiger partial charge >= 0.3 is 5.97 Å². The van der Waals surface area contributed by atoms with Crippen LogP contribution >= 0.6 is 0 Å². The summed E-state index contributed by atoms with van der Waals surface area (Å²) in [5.74, 6) is -3.10. The molecule has 3 N–H and O–H groups in total. The van der Waals surface area contributed by atoms with Crippen LogP contribution in [0.3, 0.4) is 0 Å². The molecule has 0 spiro atoms. The predicted molar refractivity (Wildman–Crippen MR) is 44.9 cm³/mol. The fraction of sp³-hybridized carbons (Fsp3) is 0.250. The molecule has 1 heterocycles. The molecule has 1 aromatic rings. The van der Waals surface area contributed by atoms with Crippen LogP contribution in [-0.4, -0.2) is 16.1 Å². The average molecular weight is 220 g/mol. The second-order valence-electron chi connectivity index (χ2n) is 2.78. The number of anilines is 1. The largest absolute Gasteiger partial charge is 0.481 e. The van der Waals surface area contributed by atoms with Crippen molar-refractivity contribution in [2.45, 2.75) is 12.8 Å². The van der Waals surface area contributed by atoms with Gasteiger partial charge < -0.3 is 10.8 Å². The van der Waals surface area contributed by atoms with Gasteiger partial charge in [-0.05, 0) is 6.07 Å². The van der Waals surface area contributed by atoms with Gasteiger partial charge in [-0.1, -0.05) is 0 Å². The van der Waals surface area contributed by atoms with Crippen LogP contribution in [0.15, 0.2) is 6.07 Å². The van der Waals surface area contributed by atoms with Crippen molar-refractivity contribution in [3.8, 4) is 0 Å². The molecule has 4 nitrogen and oxygen atoms in total. The Balaban J connectivity index is 3.17. The molecular formula is C8H7F3N2O2. The summed E-state index contributed by atoms with van der Waals surface area (Å²) >= 11 is 0. The first-order chi connectivity index (χ1) is 6.91. The number of aromatic nitrogens is 1. The van der Waals surface area contributed by atoms with Crippen molar-refractivity contribution < 1.29 is 23.1 Å². The van der Waals surface area contributed by atoms with E-state index in [9.17, 15) is 18.0 Å². The zero-order valence-corrected chi connectivity index (χ0v) is 7.38. The quantitative estimate of drug-likeness (QED) is 0.754. The monoisotopic (exact) mass is 220 g/mol. The molecule has 0 atom stereocenters. The normalized spacial score (nSPS) is 10.7. The summed E-state index contributed by atoms with van der Waals surface area (Å²) in [6.07, 6.45) is -3.62. The number of carbonyl (C=O) groups is 1. The maximum absolute atomic E-state index is 13.0. The first-order valence-corrected chi connectivity index (χ1v) is 3.86. The number of hydrogen-bond donors (Lipinski definition) is 2. The third-order valence-electron chi connectivity index (χ3n) is 1.69. The van der Waals surface area contributed by atoms with E-state index in [-0.39, 0.29) is 0 Å². The van der Waals surface area contributed by atoms with Crippen molar-refractivity contribution in [2.24, 2.45) is 0 Å². The number of hydrogen-bond acceptors (Lipinski definition) is 3. The molecule has 82 valence electrons. The van der Waals surface area contributed by atoms with Gasteiger partial charge in [0, 0.05) is 5.56 Å². The highest BCUT2D eigenvalue weighted by Crippen LogP contribution is 2.25. The standard InChI is InChI=1S/C8H7F3N2O2/c9-6(10)4-1-3(2-5(14)15)7(11)13-8(4)12/h1,6H,2H2,(H2,12,13)(H,14,15). The summed E-state index contributed by atoms with van der Waals surface area (Å²) in [6, 6.07) is 0.719. The second-order valence-corrected chi connectivity index (χ2v) is 2.78. The Labute approximate surface area is 82.5 Å². The Kier molecular flexibility index (Phi) is 3.13. The number of halogens is 3. The highest BCUT2D eigenvalue weighted by Gasteiger charge is 2.17. The first-order valence-electron chi connectivity index (χ1n) is 3.86. The van der Waals surface area contributed by atoms with Crippen LogP contribution in [0.4, 0.5) is 19.0 Å². The van der Waals surface area contributed by atoms with Crippen molar-refractivity contribution in [1.82, 2.24) is 4.98 Å². The minimum Gasteiger partial charge on any atom is -0.481 e. The van der Waals surface area contributed by atoms with Gasteiger partial charge in [0.05, 0.1) is 12.0 Å². The van der Waals surface area contributed by atoms with E-state index in [1.807, 2.05) is 0 Å². The number of carboxylic acid groups (broad SMARTS) is 1. The highest BCUT2D eigenvalue weighted by molar-refractivity contribution is 5.70. The number of carboxylic acids is 1. The number of pyridine rings is 1. The van der Waals surface area contributed by atoms with Gasteiger partial charge in [-0.15, -0.1) is 0 Å². The SMILES string of the molecule is Nc1nc(F)c(CC(=O)O)cc1C(F)F. The summed E-state index contributed by atoms with van der Waals surface area (Å²) in [7, 11) is 0. The van der Waals surface area contributed by atoms with E-state index >= 15 is 0 Å². The number of nitrogens with zero attached hydrogens (tertiary/aromatic N) is 1. The summed E-state index contributed by atoms with van der Waals surface area (Å²) in [5, 5.41) is 8.38. The summed E-state index contributed by atoms with van der Waals surface area (Å²) in [5.41, 5.74) is 3.97. The molecule has 0 radical (unpaired) electrons. The Bertz CT molecular complexity index is 396. The molecular weight excluding hydrogens is 213 g/mol. The van der Waals surface area contributed by atoms with Gasteiger partial charge in [-0.2, -0.15) is 4.39 Å². The third-order valence-corrected chi connectivity index (χ3v) is 1.69. The Hall–Kier alpha value is -1.79. The maximum Gasteiger partial charge on any atom is 0.307 e. The van der Waals surface area contributed by atoms with E-state index in [1.165, 1.54) is 0 Å². The molecule has 0 bridgehead atoms. The lowest BCUT2D eigenvalue weighted by Crippen LogP contribution is -2.08. The predicted octanol–water partition coefficient (Wildman–Crippen LogP) is 1.37. The zero-order chi connectivity index (χ0) is 11.6. The fourth-order valence-corrected chi connectivity index (χ4v) is 1.02. The van der Waals surface area contributed by atoms with Gasteiger partial charge in [0.15, 0.2) is 0 Å². The summed E-state index contributed by atoms with van der Waals surface area (Å²) in [4.78, 5) is 13.3. The fourth-order valence-electron chi connectivity index (χ4n) is 1.02. The minimum absolute atomic E-state index is 0.410. The minimum atomic E-state index is -2.91. The molecule has 7 heteroatoms. The summed E-state index contributed by atoms with van der Waals surface area (Å²) in [6.45, 7) is 0. The highest BCUT2D eigenvalue weighted by atomic mass is 19.3. The Morgan fingerprint density at radius 2 is 2.20 bits per heavy atom. The molecule has 0 amide bonds. The average Bonchev–Trinajstić information content (AvgIpc) is 2.08. The molecule has 15 heavy (non-hydrogen) atoms. The van der Waals surface area contributed by atoms with Crippen LogP contribution in [0.5, 0.6) is 0 Å². The van der Waals surface area contributed by atoms with Crippen LogP contribution in [0.1, 0.15) is 17.6 Å². The van der Waals surface area contributed by atoms with Crippen molar-refractivity contribution in [1.29, 1.82) is 0 Å². The zero-order valence-electron chi connectivity index (χ0n) is 7.38. The van der Waals surface area contributed by atoms with Crippen LogP contribution < -0.4 is 5.73 Å². The number of nitrogens with two attached hydrogens (primary N) is 1. The second kappa shape index (κ2) is 4.16. The van der Waals surface area contributed by atoms with Crippen molar-refractivity contribution >= 4 is 11.8 Å². The van der Waals surface area contributed by atoms with Crippen molar-refractivity contribution in [2.75, 3.05) is 5.73 Å². The molecule has 0 saturated carbocycles. The molecule has 0 saturated heterocycles. The van der Waals surface area contributed by atoms with Crippen molar-refractivity contribution in [3.63, 3.8) is 0 Å². The number of alkyl halides is 2. The van der Waals surface area contributed by atoms with Crippen LogP contribution in [0.2, 0.25) is 0 Å². The maximum atomic E-state index is 13.0. The van der Waals surface area contributed by atoms with Gasteiger partial charge in [-0.3, -0.25) is 4.79 Å². The third kappa shape index (κ3) is 2.58. The lowest BCUT2D eigenvalue weighted by Gasteiger charge is -2.06. The molecule has 0 aliphatic heterocycles. The number of aliphatic carboxylic acids is 1. The summed E-state index contributed by atoms with van der Waals surface area (Å²) < 4.78 is 37.5. The lowest BCUT2D eigenvalue weighted by atomic mass is 10.1. The molecule has 0 unspecified atom stereocenters. The molecule has 0 aliphatic rings.